The largest absolute Gasteiger partial charge is 0.387 e. The van der Waals surface area contributed by atoms with Crippen LogP contribution < -0.4 is 10.6 Å². The zero-order chi connectivity index (χ0) is 14.5. The van der Waals surface area contributed by atoms with Crippen LogP contribution in [-0.4, -0.2) is 13.0 Å². The van der Waals surface area contributed by atoms with Crippen molar-refractivity contribution >= 4 is 28.9 Å². The highest BCUT2D eigenvalue weighted by atomic mass is 35.5. The van der Waals surface area contributed by atoms with Crippen LogP contribution in [0.5, 0.6) is 0 Å². The highest BCUT2D eigenvalue weighted by Crippen LogP contribution is 2.23. The van der Waals surface area contributed by atoms with E-state index in [1.807, 2.05) is 24.3 Å². The van der Waals surface area contributed by atoms with Gasteiger partial charge >= 0.3 is 0 Å². The molecule has 2 aromatic rings. The number of hydrogen-bond donors (Lipinski definition) is 2. The van der Waals surface area contributed by atoms with E-state index in [0.29, 0.717) is 10.6 Å². The summed E-state index contributed by atoms with van der Waals surface area (Å²) in [5.41, 5.74) is 3.22. The Morgan fingerprint density at radius 2 is 1.90 bits per heavy atom. The molecule has 0 unspecified atom stereocenters. The Labute approximate surface area is 124 Å². The summed E-state index contributed by atoms with van der Waals surface area (Å²) in [6.07, 6.45) is 0.866. The van der Waals surface area contributed by atoms with Gasteiger partial charge in [-0.2, -0.15) is 0 Å². The predicted octanol–water partition coefficient (Wildman–Crippen LogP) is 4.20. The van der Waals surface area contributed by atoms with Crippen molar-refractivity contribution in [3.05, 3.63) is 58.6 Å². The zero-order valence-electron chi connectivity index (χ0n) is 11.5. The Morgan fingerprint density at radius 1 is 1.15 bits per heavy atom. The number of amides is 1. The highest BCUT2D eigenvalue weighted by molar-refractivity contribution is 6.31. The van der Waals surface area contributed by atoms with Gasteiger partial charge in [0.15, 0.2) is 0 Å². The lowest BCUT2D eigenvalue weighted by molar-refractivity contribution is 0.102. The van der Waals surface area contributed by atoms with E-state index in [1.165, 1.54) is 0 Å². The first-order chi connectivity index (χ1) is 9.65. The summed E-state index contributed by atoms with van der Waals surface area (Å²) in [4.78, 5) is 12.4. The number of benzene rings is 2. The lowest BCUT2D eigenvalue weighted by Crippen LogP contribution is -2.15. The number of carbonyl (C=O) groups is 1. The molecule has 0 aliphatic rings. The molecular formula is C16H17ClN2O. The molecule has 0 aromatic heterocycles. The number of anilines is 2. The third-order valence-corrected chi connectivity index (χ3v) is 3.38. The van der Waals surface area contributed by atoms with Crippen LogP contribution in [0.15, 0.2) is 42.5 Å². The number of para-hydroxylation sites is 1. The minimum absolute atomic E-state index is 0.169. The Morgan fingerprint density at radius 3 is 2.60 bits per heavy atom. The van der Waals surface area contributed by atoms with Crippen molar-refractivity contribution in [2.45, 2.75) is 13.3 Å². The molecule has 2 aromatic carbocycles. The van der Waals surface area contributed by atoms with Gasteiger partial charge in [-0.25, -0.2) is 0 Å². The van der Waals surface area contributed by atoms with Gasteiger partial charge in [0.25, 0.3) is 5.91 Å². The van der Waals surface area contributed by atoms with E-state index in [1.54, 1.807) is 25.2 Å². The molecule has 104 valence electrons. The number of nitrogens with one attached hydrogen (secondary N) is 2. The summed E-state index contributed by atoms with van der Waals surface area (Å²) in [6, 6.07) is 13.0. The van der Waals surface area contributed by atoms with Crippen LogP contribution in [0.1, 0.15) is 22.8 Å². The molecule has 0 saturated carbocycles. The van der Waals surface area contributed by atoms with Crippen LogP contribution in [0.4, 0.5) is 11.4 Å². The lowest BCUT2D eigenvalue weighted by atomic mass is 10.1. The summed E-state index contributed by atoms with van der Waals surface area (Å²) in [7, 11) is 1.78. The summed E-state index contributed by atoms with van der Waals surface area (Å²) >= 11 is 5.97. The summed E-state index contributed by atoms with van der Waals surface area (Å²) in [5, 5.41) is 6.48. The van der Waals surface area contributed by atoms with E-state index in [-0.39, 0.29) is 5.91 Å². The van der Waals surface area contributed by atoms with Gasteiger partial charge in [0.05, 0.1) is 5.56 Å². The number of hydrogen-bond acceptors (Lipinski definition) is 2. The maximum atomic E-state index is 12.4. The highest BCUT2D eigenvalue weighted by Gasteiger charge is 2.12. The molecule has 20 heavy (non-hydrogen) atoms. The van der Waals surface area contributed by atoms with Gasteiger partial charge in [-0.15, -0.1) is 0 Å². The van der Waals surface area contributed by atoms with Crippen molar-refractivity contribution < 1.29 is 4.79 Å². The molecule has 4 heteroatoms. The zero-order valence-corrected chi connectivity index (χ0v) is 12.3. The van der Waals surface area contributed by atoms with Crippen molar-refractivity contribution in [3.8, 4) is 0 Å². The normalized spacial score (nSPS) is 10.2. The van der Waals surface area contributed by atoms with E-state index in [0.717, 1.165) is 23.4 Å². The third-order valence-electron chi connectivity index (χ3n) is 3.14. The molecule has 0 aliphatic carbocycles. The standard InChI is InChI=1S/C16H17ClN2O/c1-3-11-6-4-5-7-14(11)19-16(20)13-10-12(17)8-9-15(13)18-2/h4-10,18H,3H2,1-2H3,(H,19,20). The van der Waals surface area contributed by atoms with E-state index in [4.69, 9.17) is 11.6 Å². The van der Waals surface area contributed by atoms with E-state index < -0.39 is 0 Å². The fraction of sp³-hybridized carbons (Fsp3) is 0.188. The summed E-state index contributed by atoms with van der Waals surface area (Å²) in [5.74, 6) is -0.169. The SMILES string of the molecule is CCc1ccccc1NC(=O)c1cc(Cl)ccc1NC. The molecule has 2 N–H and O–H groups in total. The third kappa shape index (κ3) is 3.11. The number of rotatable bonds is 4. The van der Waals surface area contributed by atoms with Crippen molar-refractivity contribution in [2.75, 3.05) is 17.7 Å². The van der Waals surface area contributed by atoms with Crippen molar-refractivity contribution in [1.82, 2.24) is 0 Å². The Bertz CT molecular complexity index is 626. The lowest BCUT2D eigenvalue weighted by Gasteiger charge is -2.12. The number of aryl methyl sites for hydroxylation is 1. The second kappa shape index (κ2) is 6.44. The molecule has 0 heterocycles. The molecule has 1 amide bonds. The van der Waals surface area contributed by atoms with Gasteiger partial charge in [0.2, 0.25) is 0 Å². The minimum Gasteiger partial charge on any atom is -0.387 e. The molecule has 0 atom stereocenters. The second-order valence-corrected chi connectivity index (χ2v) is 4.84. The van der Waals surface area contributed by atoms with Gasteiger partial charge in [-0.05, 0) is 36.2 Å². The first kappa shape index (κ1) is 14.4. The predicted molar refractivity (Wildman–Crippen MR) is 84.8 cm³/mol. The monoisotopic (exact) mass is 288 g/mol. The minimum atomic E-state index is -0.169. The van der Waals surface area contributed by atoms with Crippen LogP contribution in [0, 0.1) is 0 Å². The Kier molecular flexibility index (Phi) is 4.64. The van der Waals surface area contributed by atoms with Gasteiger partial charge in [0, 0.05) is 23.4 Å². The van der Waals surface area contributed by atoms with E-state index >= 15 is 0 Å². The molecule has 0 radical (unpaired) electrons. The number of halogens is 1. The molecular weight excluding hydrogens is 272 g/mol. The van der Waals surface area contributed by atoms with Crippen molar-refractivity contribution in [3.63, 3.8) is 0 Å². The molecule has 3 nitrogen and oxygen atoms in total. The van der Waals surface area contributed by atoms with Crippen LogP contribution in [0.2, 0.25) is 5.02 Å². The van der Waals surface area contributed by atoms with E-state index in [2.05, 4.69) is 17.6 Å². The molecule has 2 rings (SSSR count). The van der Waals surface area contributed by atoms with Gasteiger partial charge in [-0.3, -0.25) is 4.79 Å². The fourth-order valence-corrected chi connectivity index (χ4v) is 2.23. The van der Waals surface area contributed by atoms with Gasteiger partial charge in [0.1, 0.15) is 0 Å². The topological polar surface area (TPSA) is 41.1 Å². The maximum absolute atomic E-state index is 12.4. The Balaban J connectivity index is 2.30. The van der Waals surface area contributed by atoms with Crippen molar-refractivity contribution in [2.24, 2.45) is 0 Å². The van der Waals surface area contributed by atoms with Crippen LogP contribution in [0.25, 0.3) is 0 Å². The fourth-order valence-electron chi connectivity index (χ4n) is 2.06. The molecule has 0 spiro atoms. The Hall–Kier alpha value is -2.00. The van der Waals surface area contributed by atoms with Crippen molar-refractivity contribution in [1.29, 1.82) is 0 Å². The van der Waals surface area contributed by atoms with Gasteiger partial charge in [-0.1, -0.05) is 36.7 Å². The molecule has 0 fully saturated rings. The first-order valence-electron chi connectivity index (χ1n) is 6.52. The molecule has 0 saturated heterocycles. The average Bonchev–Trinajstić information content (AvgIpc) is 2.47. The quantitative estimate of drug-likeness (QED) is 0.885. The van der Waals surface area contributed by atoms with E-state index in [9.17, 15) is 4.79 Å². The summed E-state index contributed by atoms with van der Waals surface area (Å²) in [6.45, 7) is 2.06. The first-order valence-corrected chi connectivity index (χ1v) is 6.90. The second-order valence-electron chi connectivity index (χ2n) is 4.40. The molecule has 0 aliphatic heterocycles. The van der Waals surface area contributed by atoms with Gasteiger partial charge < -0.3 is 10.6 Å². The molecule has 0 bridgehead atoms. The summed E-state index contributed by atoms with van der Waals surface area (Å²) < 4.78 is 0. The smallest absolute Gasteiger partial charge is 0.257 e. The maximum Gasteiger partial charge on any atom is 0.257 e. The van der Waals surface area contributed by atoms with Crippen LogP contribution >= 0.6 is 11.6 Å². The van der Waals surface area contributed by atoms with Crippen LogP contribution in [-0.2, 0) is 6.42 Å². The van der Waals surface area contributed by atoms with Crippen LogP contribution in [0.3, 0.4) is 0 Å². The average molecular weight is 289 g/mol. The number of carbonyl (C=O) groups excluding carboxylic acids is 1.